The van der Waals surface area contributed by atoms with Gasteiger partial charge in [-0.05, 0) is 6.92 Å². The van der Waals surface area contributed by atoms with E-state index in [1.807, 2.05) is 13.8 Å². The maximum absolute atomic E-state index is 10.3. The number of carboxylic acids is 1. The largest absolute Gasteiger partial charge is 0.481 e. The molecule has 0 radical (unpaired) electrons. The molecule has 0 fully saturated rings. The van der Waals surface area contributed by atoms with Crippen LogP contribution >= 0.6 is 0 Å². The summed E-state index contributed by atoms with van der Waals surface area (Å²) in [7, 11) is 0. The Kier molecular flexibility index (Phi) is 4.03. The number of nitrogens with zero attached hydrogens (tertiary/aromatic N) is 2. The molecule has 0 saturated carbocycles. The van der Waals surface area contributed by atoms with Gasteiger partial charge in [0.05, 0.1) is 6.42 Å². The number of carboxylic acid groups (broad SMARTS) is 1. The fraction of sp³-hybridized carbons (Fsp3) is 0.500. The predicted molar refractivity (Wildman–Crippen MR) is 56.9 cm³/mol. The molecule has 0 aliphatic heterocycles. The van der Waals surface area contributed by atoms with Gasteiger partial charge in [0.1, 0.15) is 11.6 Å². The number of aliphatic carboxylic acids is 1. The Balaban J connectivity index is 2.60. The van der Waals surface area contributed by atoms with Crippen molar-refractivity contribution in [1.82, 2.24) is 9.97 Å². The van der Waals surface area contributed by atoms with Gasteiger partial charge in [0.2, 0.25) is 0 Å². The monoisotopic (exact) mass is 209 g/mol. The molecular formula is C10H15N3O2. The highest BCUT2D eigenvalue weighted by atomic mass is 16.4. The highest BCUT2D eigenvalue weighted by molar-refractivity contribution is 5.67. The van der Waals surface area contributed by atoms with Crippen LogP contribution in [0.3, 0.4) is 0 Å². The highest BCUT2D eigenvalue weighted by Crippen LogP contribution is 2.06. The molecule has 0 amide bonds. The zero-order valence-corrected chi connectivity index (χ0v) is 8.95. The smallest absolute Gasteiger partial charge is 0.305 e. The van der Waals surface area contributed by atoms with E-state index in [1.54, 1.807) is 6.07 Å². The molecule has 15 heavy (non-hydrogen) atoms. The summed E-state index contributed by atoms with van der Waals surface area (Å²) in [4.78, 5) is 18.8. The summed E-state index contributed by atoms with van der Waals surface area (Å²) < 4.78 is 0. The van der Waals surface area contributed by atoms with Crippen LogP contribution < -0.4 is 5.32 Å². The Hall–Kier alpha value is -1.65. The zero-order chi connectivity index (χ0) is 11.3. The van der Waals surface area contributed by atoms with E-state index in [-0.39, 0.29) is 6.42 Å². The van der Waals surface area contributed by atoms with Gasteiger partial charge >= 0.3 is 5.97 Å². The van der Waals surface area contributed by atoms with E-state index < -0.39 is 5.97 Å². The Morgan fingerprint density at radius 1 is 1.53 bits per heavy atom. The van der Waals surface area contributed by atoms with Gasteiger partial charge in [0.25, 0.3) is 0 Å². The van der Waals surface area contributed by atoms with E-state index in [2.05, 4.69) is 15.3 Å². The summed E-state index contributed by atoms with van der Waals surface area (Å²) >= 11 is 0. The van der Waals surface area contributed by atoms with Gasteiger partial charge in [-0.15, -0.1) is 0 Å². The molecule has 1 rings (SSSR count). The number of aryl methyl sites for hydroxylation is 2. The maximum Gasteiger partial charge on any atom is 0.305 e. The van der Waals surface area contributed by atoms with Crippen LogP contribution in [0.25, 0.3) is 0 Å². The third kappa shape index (κ3) is 3.93. The van der Waals surface area contributed by atoms with E-state index in [0.717, 1.165) is 17.9 Å². The van der Waals surface area contributed by atoms with Crippen LogP contribution in [-0.4, -0.2) is 27.6 Å². The third-order valence-corrected chi connectivity index (χ3v) is 1.86. The number of hydrogen-bond donors (Lipinski definition) is 2. The molecule has 0 saturated heterocycles. The van der Waals surface area contributed by atoms with Crippen molar-refractivity contribution in [3.63, 3.8) is 0 Å². The molecule has 0 spiro atoms. The molecule has 0 atom stereocenters. The Bertz CT molecular complexity index is 353. The van der Waals surface area contributed by atoms with Gasteiger partial charge in [-0.3, -0.25) is 4.79 Å². The zero-order valence-electron chi connectivity index (χ0n) is 8.95. The van der Waals surface area contributed by atoms with Crippen LogP contribution in [-0.2, 0) is 11.2 Å². The second-order valence-electron chi connectivity index (χ2n) is 3.23. The molecule has 0 aliphatic carbocycles. The lowest BCUT2D eigenvalue weighted by molar-refractivity contribution is -0.136. The molecule has 0 bridgehead atoms. The minimum Gasteiger partial charge on any atom is -0.481 e. The second kappa shape index (κ2) is 5.29. The maximum atomic E-state index is 10.3. The van der Waals surface area contributed by atoms with E-state index in [4.69, 9.17) is 5.11 Å². The van der Waals surface area contributed by atoms with Gasteiger partial charge in [-0.25, -0.2) is 9.97 Å². The summed E-state index contributed by atoms with van der Waals surface area (Å²) in [5.74, 6) is 0.650. The average Bonchev–Trinajstić information content (AvgIpc) is 2.16. The number of aromatic nitrogens is 2. The number of carbonyl (C=O) groups is 1. The van der Waals surface area contributed by atoms with Crippen LogP contribution in [0.5, 0.6) is 0 Å². The molecule has 5 heteroatoms. The SMILES string of the molecule is CCc1nc(C)cc(NCCC(=O)O)n1. The number of rotatable bonds is 5. The first-order valence-electron chi connectivity index (χ1n) is 4.92. The average molecular weight is 209 g/mol. The number of hydrogen-bond acceptors (Lipinski definition) is 4. The van der Waals surface area contributed by atoms with Crippen molar-refractivity contribution in [1.29, 1.82) is 0 Å². The molecular weight excluding hydrogens is 194 g/mol. The van der Waals surface area contributed by atoms with Gasteiger partial charge in [0, 0.05) is 24.7 Å². The molecule has 2 N–H and O–H groups in total. The van der Waals surface area contributed by atoms with Crippen LogP contribution in [0.4, 0.5) is 5.82 Å². The fourth-order valence-electron chi connectivity index (χ4n) is 1.18. The topological polar surface area (TPSA) is 75.1 Å². The summed E-state index contributed by atoms with van der Waals surface area (Å²) in [5.41, 5.74) is 0.889. The van der Waals surface area contributed by atoms with Crippen LogP contribution in [0, 0.1) is 6.92 Å². The van der Waals surface area contributed by atoms with Crippen molar-refractivity contribution in [2.75, 3.05) is 11.9 Å². The van der Waals surface area contributed by atoms with Crippen molar-refractivity contribution in [3.05, 3.63) is 17.6 Å². The summed E-state index contributed by atoms with van der Waals surface area (Å²) in [6.45, 7) is 4.26. The van der Waals surface area contributed by atoms with Gasteiger partial charge in [0.15, 0.2) is 0 Å². The van der Waals surface area contributed by atoms with E-state index in [1.165, 1.54) is 0 Å². The van der Waals surface area contributed by atoms with Crippen molar-refractivity contribution in [2.45, 2.75) is 26.7 Å². The summed E-state index contributed by atoms with van der Waals surface area (Å²) in [5, 5.41) is 11.4. The van der Waals surface area contributed by atoms with E-state index >= 15 is 0 Å². The first kappa shape index (κ1) is 11.4. The summed E-state index contributed by atoms with van der Waals surface area (Å²) in [6.07, 6.45) is 0.861. The van der Waals surface area contributed by atoms with Crippen LogP contribution in [0.1, 0.15) is 24.9 Å². The molecule has 5 nitrogen and oxygen atoms in total. The number of anilines is 1. The Morgan fingerprint density at radius 3 is 2.87 bits per heavy atom. The number of nitrogens with one attached hydrogen (secondary N) is 1. The molecule has 1 aromatic heterocycles. The van der Waals surface area contributed by atoms with Gasteiger partial charge in [-0.1, -0.05) is 6.92 Å². The van der Waals surface area contributed by atoms with Gasteiger partial charge in [-0.2, -0.15) is 0 Å². The predicted octanol–water partition coefficient (Wildman–Crippen LogP) is 1.23. The van der Waals surface area contributed by atoms with Crippen molar-refractivity contribution >= 4 is 11.8 Å². The molecule has 1 heterocycles. The van der Waals surface area contributed by atoms with Crippen molar-refractivity contribution < 1.29 is 9.90 Å². The molecule has 0 aromatic carbocycles. The molecule has 0 unspecified atom stereocenters. The quantitative estimate of drug-likeness (QED) is 0.763. The lowest BCUT2D eigenvalue weighted by Crippen LogP contribution is -2.10. The standard InChI is InChI=1S/C10H15N3O2/c1-3-8-12-7(2)6-9(13-8)11-5-4-10(14)15/h6H,3-5H2,1-2H3,(H,14,15)(H,11,12,13). The van der Waals surface area contributed by atoms with Crippen molar-refractivity contribution in [2.24, 2.45) is 0 Å². The Labute approximate surface area is 88.6 Å². The van der Waals surface area contributed by atoms with Crippen LogP contribution in [0.2, 0.25) is 0 Å². The van der Waals surface area contributed by atoms with Gasteiger partial charge < -0.3 is 10.4 Å². The second-order valence-corrected chi connectivity index (χ2v) is 3.23. The summed E-state index contributed by atoms with van der Waals surface area (Å²) in [6, 6.07) is 1.81. The van der Waals surface area contributed by atoms with E-state index in [0.29, 0.717) is 12.4 Å². The third-order valence-electron chi connectivity index (χ3n) is 1.86. The first-order chi connectivity index (χ1) is 7.11. The van der Waals surface area contributed by atoms with Crippen LogP contribution in [0.15, 0.2) is 6.07 Å². The Morgan fingerprint density at radius 2 is 2.27 bits per heavy atom. The minimum atomic E-state index is -0.816. The molecule has 0 aliphatic rings. The lowest BCUT2D eigenvalue weighted by atomic mass is 10.3. The normalized spacial score (nSPS) is 10.0. The van der Waals surface area contributed by atoms with E-state index in [9.17, 15) is 4.79 Å². The highest BCUT2D eigenvalue weighted by Gasteiger charge is 2.01. The molecule has 1 aromatic rings. The molecule has 82 valence electrons. The lowest BCUT2D eigenvalue weighted by Gasteiger charge is -2.06. The van der Waals surface area contributed by atoms with Crippen molar-refractivity contribution in [3.8, 4) is 0 Å². The minimum absolute atomic E-state index is 0.0878. The first-order valence-corrected chi connectivity index (χ1v) is 4.92. The fourth-order valence-corrected chi connectivity index (χ4v) is 1.18.